The van der Waals surface area contributed by atoms with Crippen molar-refractivity contribution in [3.63, 3.8) is 0 Å². The third-order valence-electron chi connectivity index (χ3n) is 2.88. The number of carbonyl (C=O) groups excluding carboxylic acids is 1. The molecule has 0 amide bonds. The van der Waals surface area contributed by atoms with Gasteiger partial charge < -0.3 is 4.74 Å². The van der Waals surface area contributed by atoms with Gasteiger partial charge in [-0.25, -0.2) is 14.2 Å². The Bertz CT molecular complexity index is 783. The van der Waals surface area contributed by atoms with Crippen LogP contribution in [0.1, 0.15) is 11.1 Å². The quantitative estimate of drug-likeness (QED) is 0.610. The van der Waals surface area contributed by atoms with Crippen LogP contribution in [0.2, 0.25) is 0 Å². The number of aliphatic imine (C=N–C) groups is 1. The molecule has 0 fully saturated rings. The molecule has 0 aromatic heterocycles. The number of carbonyl (C=O) groups is 1. The smallest absolute Gasteiger partial charge is 0.363 e. The molecule has 2 aromatic rings. The molecule has 21 heavy (non-hydrogen) atoms. The molecule has 0 saturated carbocycles. The fourth-order valence-electron chi connectivity index (χ4n) is 1.91. The van der Waals surface area contributed by atoms with Gasteiger partial charge in [0, 0.05) is 4.47 Å². The van der Waals surface area contributed by atoms with E-state index < -0.39 is 11.8 Å². The van der Waals surface area contributed by atoms with Crippen molar-refractivity contribution in [2.45, 2.75) is 0 Å². The van der Waals surface area contributed by atoms with Gasteiger partial charge in [-0.15, -0.1) is 0 Å². The van der Waals surface area contributed by atoms with E-state index in [0.717, 1.165) is 10.0 Å². The number of cyclic esters (lactones) is 1. The van der Waals surface area contributed by atoms with Crippen molar-refractivity contribution >= 4 is 33.9 Å². The molecule has 5 heteroatoms. The summed E-state index contributed by atoms with van der Waals surface area (Å²) < 4.78 is 19.6. The molecule has 0 atom stereocenters. The normalized spacial score (nSPS) is 16.0. The Morgan fingerprint density at radius 1 is 1.14 bits per heavy atom. The summed E-state index contributed by atoms with van der Waals surface area (Å²) in [5.74, 6) is -1.08. The van der Waals surface area contributed by atoms with Crippen LogP contribution in [0.3, 0.4) is 0 Å². The van der Waals surface area contributed by atoms with Gasteiger partial charge in [0.15, 0.2) is 5.70 Å². The third kappa shape index (κ3) is 2.92. The maximum atomic E-state index is 13.7. The van der Waals surface area contributed by atoms with E-state index in [-0.39, 0.29) is 17.2 Å². The number of hydrogen-bond acceptors (Lipinski definition) is 3. The summed E-state index contributed by atoms with van der Waals surface area (Å²) in [4.78, 5) is 15.9. The van der Waals surface area contributed by atoms with E-state index in [1.54, 1.807) is 18.2 Å². The number of benzene rings is 2. The molecular formula is C16H9BrFNO2. The predicted molar refractivity (Wildman–Crippen MR) is 81.1 cm³/mol. The Morgan fingerprint density at radius 3 is 2.71 bits per heavy atom. The number of hydrogen-bond donors (Lipinski definition) is 0. The Kier molecular flexibility index (Phi) is 3.66. The summed E-state index contributed by atoms with van der Waals surface area (Å²) in [5.41, 5.74) is 1.12. The van der Waals surface area contributed by atoms with Gasteiger partial charge >= 0.3 is 5.97 Å². The molecule has 0 bridgehead atoms. The zero-order valence-corrected chi connectivity index (χ0v) is 12.3. The highest BCUT2D eigenvalue weighted by Crippen LogP contribution is 2.21. The maximum absolute atomic E-state index is 13.7. The van der Waals surface area contributed by atoms with E-state index >= 15 is 0 Å². The Hall–Kier alpha value is -2.27. The maximum Gasteiger partial charge on any atom is 0.363 e. The van der Waals surface area contributed by atoms with Crippen LogP contribution in [0.15, 0.2) is 63.7 Å². The minimum absolute atomic E-state index is 0.0145. The fourth-order valence-corrected chi connectivity index (χ4v) is 2.33. The predicted octanol–water partition coefficient (Wildman–Crippen LogP) is 3.93. The second-order valence-electron chi connectivity index (χ2n) is 4.37. The minimum atomic E-state index is -0.590. The van der Waals surface area contributed by atoms with Crippen molar-refractivity contribution in [2.75, 3.05) is 0 Å². The lowest BCUT2D eigenvalue weighted by atomic mass is 10.2. The summed E-state index contributed by atoms with van der Waals surface area (Å²) in [5, 5.41) is 0. The van der Waals surface area contributed by atoms with E-state index in [1.165, 1.54) is 12.1 Å². The molecular weight excluding hydrogens is 337 g/mol. The summed E-state index contributed by atoms with van der Waals surface area (Å²) in [6, 6.07) is 13.4. The van der Waals surface area contributed by atoms with Crippen LogP contribution in [-0.2, 0) is 9.53 Å². The summed E-state index contributed by atoms with van der Waals surface area (Å²) >= 11 is 3.35. The van der Waals surface area contributed by atoms with Crippen molar-refractivity contribution in [2.24, 2.45) is 4.99 Å². The largest absolute Gasteiger partial charge is 0.402 e. The zero-order valence-electron chi connectivity index (χ0n) is 10.7. The van der Waals surface area contributed by atoms with Gasteiger partial charge in [0.2, 0.25) is 5.90 Å². The first kappa shape index (κ1) is 13.7. The van der Waals surface area contributed by atoms with E-state index in [4.69, 9.17) is 4.74 Å². The second-order valence-corrected chi connectivity index (χ2v) is 5.29. The molecule has 1 aliphatic rings. The number of halogens is 2. The van der Waals surface area contributed by atoms with Crippen molar-refractivity contribution < 1.29 is 13.9 Å². The molecule has 0 N–H and O–H groups in total. The summed E-state index contributed by atoms with van der Waals surface area (Å²) in [6.07, 6.45) is 1.60. The molecule has 0 aliphatic carbocycles. The Morgan fingerprint density at radius 2 is 1.95 bits per heavy atom. The zero-order chi connectivity index (χ0) is 14.8. The van der Waals surface area contributed by atoms with Gasteiger partial charge in [0.05, 0.1) is 5.56 Å². The van der Waals surface area contributed by atoms with Crippen molar-refractivity contribution in [1.82, 2.24) is 0 Å². The van der Waals surface area contributed by atoms with E-state index in [1.807, 2.05) is 24.3 Å². The first-order chi connectivity index (χ1) is 10.1. The number of nitrogens with zero attached hydrogens (tertiary/aromatic N) is 1. The van der Waals surface area contributed by atoms with Crippen LogP contribution in [0, 0.1) is 5.82 Å². The molecule has 1 aliphatic heterocycles. The van der Waals surface area contributed by atoms with Gasteiger partial charge in [-0.1, -0.05) is 40.2 Å². The van der Waals surface area contributed by atoms with E-state index in [9.17, 15) is 9.18 Å². The Balaban J connectivity index is 1.98. The topological polar surface area (TPSA) is 38.7 Å². The molecule has 0 saturated heterocycles. The molecule has 3 rings (SSSR count). The molecule has 3 nitrogen and oxygen atoms in total. The SMILES string of the molecule is O=C1OC(c2ccccc2F)=N/C1=C/c1cccc(Br)c1. The highest BCUT2D eigenvalue weighted by Gasteiger charge is 2.25. The lowest BCUT2D eigenvalue weighted by molar-refractivity contribution is -0.129. The van der Waals surface area contributed by atoms with Crippen LogP contribution in [-0.4, -0.2) is 11.9 Å². The average molecular weight is 346 g/mol. The van der Waals surface area contributed by atoms with Gasteiger partial charge in [0.1, 0.15) is 5.82 Å². The number of esters is 1. The molecule has 0 spiro atoms. The lowest BCUT2D eigenvalue weighted by Crippen LogP contribution is -2.07. The van der Waals surface area contributed by atoms with E-state index in [2.05, 4.69) is 20.9 Å². The highest BCUT2D eigenvalue weighted by atomic mass is 79.9. The average Bonchev–Trinajstić information content (AvgIpc) is 2.80. The first-order valence-corrected chi connectivity index (χ1v) is 6.96. The van der Waals surface area contributed by atoms with Crippen LogP contribution >= 0.6 is 15.9 Å². The Labute approximate surface area is 128 Å². The molecule has 0 radical (unpaired) electrons. The van der Waals surface area contributed by atoms with Gasteiger partial charge in [-0.05, 0) is 35.9 Å². The van der Waals surface area contributed by atoms with Gasteiger partial charge in [-0.3, -0.25) is 0 Å². The first-order valence-electron chi connectivity index (χ1n) is 6.16. The highest BCUT2D eigenvalue weighted by molar-refractivity contribution is 9.10. The van der Waals surface area contributed by atoms with Crippen LogP contribution in [0.4, 0.5) is 4.39 Å². The van der Waals surface area contributed by atoms with Crippen molar-refractivity contribution in [1.29, 1.82) is 0 Å². The standard InChI is InChI=1S/C16H9BrFNO2/c17-11-5-3-4-10(8-11)9-14-16(20)21-15(19-14)12-6-1-2-7-13(12)18/h1-9H/b14-9+. The summed E-state index contributed by atoms with van der Waals surface area (Å²) in [6.45, 7) is 0. The van der Waals surface area contributed by atoms with Gasteiger partial charge in [-0.2, -0.15) is 0 Å². The van der Waals surface area contributed by atoms with Crippen LogP contribution in [0.5, 0.6) is 0 Å². The molecule has 2 aromatic carbocycles. The molecule has 0 unspecified atom stereocenters. The van der Waals surface area contributed by atoms with Crippen molar-refractivity contribution in [3.8, 4) is 0 Å². The number of ether oxygens (including phenoxy) is 1. The molecule has 104 valence electrons. The summed E-state index contributed by atoms with van der Waals surface area (Å²) in [7, 11) is 0. The monoisotopic (exact) mass is 345 g/mol. The van der Waals surface area contributed by atoms with Gasteiger partial charge in [0.25, 0.3) is 0 Å². The van der Waals surface area contributed by atoms with E-state index in [0.29, 0.717) is 0 Å². The lowest BCUT2D eigenvalue weighted by Gasteiger charge is -1.99. The van der Waals surface area contributed by atoms with Crippen LogP contribution < -0.4 is 0 Å². The van der Waals surface area contributed by atoms with Crippen LogP contribution in [0.25, 0.3) is 6.08 Å². The minimum Gasteiger partial charge on any atom is -0.402 e. The number of rotatable bonds is 2. The second kappa shape index (κ2) is 5.61. The molecule has 1 heterocycles. The fraction of sp³-hybridized carbons (Fsp3) is 0. The van der Waals surface area contributed by atoms with Crippen molar-refractivity contribution in [3.05, 3.63) is 75.6 Å². The third-order valence-corrected chi connectivity index (χ3v) is 3.37.